The minimum absolute atomic E-state index is 0.0517. The number of rotatable bonds is 8. The number of unbranched alkanes of at least 4 members (excludes halogenated alkanes) is 1. The number of methoxy groups -OCH3 is 1. The molecular formula is C17H24N2O2S. The minimum Gasteiger partial charge on any atom is -0.496 e. The van der Waals surface area contributed by atoms with Gasteiger partial charge in [0, 0.05) is 23.1 Å². The summed E-state index contributed by atoms with van der Waals surface area (Å²) in [6.07, 6.45) is 3.31. The average molecular weight is 320 g/mol. The minimum atomic E-state index is 0.0517. The second kappa shape index (κ2) is 8.15. The fourth-order valence-electron chi connectivity index (χ4n) is 2.57. The number of hydrogen-bond acceptors (Lipinski definition) is 5. The van der Waals surface area contributed by atoms with Crippen LogP contribution >= 0.6 is 11.3 Å². The fourth-order valence-corrected chi connectivity index (χ4v) is 3.13. The Kier molecular flexibility index (Phi) is 6.21. The van der Waals surface area contributed by atoms with E-state index in [2.05, 4.69) is 18.0 Å². The van der Waals surface area contributed by atoms with Crippen LogP contribution in [-0.2, 0) is 4.74 Å². The summed E-state index contributed by atoms with van der Waals surface area (Å²) in [7, 11) is 1.70. The van der Waals surface area contributed by atoms with Gasteiger partial charge in [0.15, 0.2) is 5.13 Å². The zero-order valence-corrected chi connectivity index (χ0v) is 14.3. The molecule has 0 fully saturated rings. The summed E-state index contributed by atoms with van der Waals surface area (Å²) in [6, 6.07) is 6.12. The first kappa shape index (κ1) is 16.8. The van der Waals surface area contributed by atoms with E-state index >= 15 is 0 Å². The van der Waals surface area contributed by atoms with E-state index in [-0.39, 0.29) is 6.10 Å². The van der Waals surface area contributed by atoms with Gasteiger partial charge in [-0.25, -0.2) is 4.98 Å². The molecule has 22 heavy (non-hydrogen) atoms. The van der Waals surface area contributed by atoms with Crippen molar-refractivity contribution < 1.29 is 9.47 Å². The molecule has 0 aliphatic carbocycles. The topological polar surface area (TPSA) is 57.4 Å². The molecule has 0 amide bonds. The molecule has 0 saturated carbocycles. The van der Waals surface area contributed by atoms with Crippen molar-refractivity contribution >= 4 is 16.5 Å². The maximum absolute atomic E-state index is 5.95. The molecule has 1 aromatic carbocycles. The zero-order chi connectivity index (χ0) is 15.9. The number of nitrogens with zero attached hydrogens (tertiary/aromatic N) is 1. The van der Waals surface area contributed by atoms with Crippen molar-refractivity contribution in [3.05, 3.63) is 29.1 Å². The van der Waals surface area contributed by atoms with Crippen molar-refractivity contribution in [2.24, 2.45) is 0 Å². The number of anilines is 1. The molecule has 0 aliphatic heterocycles. The lowest BCUT2D eigenvalue weighted by Crippen LogP contribution is -2.07. The van der Waals surface area contributed by atoms with E-state index < -0.39 is 0 Å². The highest BCUT2D eigenvalue weighted by Gasteiger charge is 2.20. The summed E-state index contributed by atoms with van der Waals surface area (Å²) >= 11 is 1.44. The largest absolute Gasteiger partial charge is 0.496 e. The van der Waals surface area contributed by atoms with E-state index in [0.717, 1.165) is 41.8 Å². The Labute approximate surface area is 136 Å². The number of benzene rings is 1. The van der Waals surface area contributed by atoms with Gasteiger partial charge in [0.25, 0.3) is 0 Å². The van der Waals surface area contributed by atoms with Crippen LogP contribution in [0, 0.1) is 0 Å². The predicted octanol–water partition coefficient (Wildman–Crippen LogP) is 4.67. The van der Waals surface area contributed by atoms with E-state index in [9.17, 15) is 0 Å². The molecule has 0 spiro atoms. The number of thiazole rings is 1. The van der Waals surface area contributed by atoms with Gasteiger partial charge in [-0.15, -0.1) is 11.3 Å². The van der Waals surface area contributed by atoms with Gasteiger partial charge in [0.05, 0.1) is 18.9 Å². The number of aromatic nitrogens is 1. The number of ether oxygens (including phenoxy) is 2. The maximum Gasteiger partial charge on any atom is 0.180 e. The van der Waals surface area contributed by atoms with Crippen molar-refractivity contribution in [1.82, 2.24) is 4.98 Å². The third-order valence-corrected chi connectivity index (χ3v) is 4.26. The standard InChI is InChI=1S/C17H24N2O2S/c1-4-6-10-15(21-5-2)13-9-7-8-12(16(13)20-3)14-11-22-17(18)19-14/h7-9,11,15H,4-6,10H2,1-3H3,(H2,18,19). The first-order chi connectivity index (χ1) is 10.7. The van der Waals surface area contributed by atoms with Gasteiger partial charge in [-0.3, -0.25) is 0 Å². The number of nitrogens with two attached hydrogens (primary N) is 1. The van der Waals surface area contributed by atoms with Crippen molar-refractivity contribution in [3.8, 4) is 17.0 Å². The molecule has 4 nitrogen and oxygen atoms in total. The van der Waals surface area contributed by atoms with Crippen LogP contribution < -0.4 is 10.5 Å². The van der Waals surface area contributed by atoms with E-state index in [1.54, 1.807) is 7.11 Å². The molecule has 5 heteroatoms. The van der Waals surface area contributed by atoms with Crippen molar-refractivity contribution in [3.63, 3.8) is 0 Å². The number of nitrogen functional groups attached to an aromatic ring is 1. The summed E-state index contributed by atoms with van der Waals surface area (Å²) < 4.78 is 11.6. The normalized spacial score (nSPS) is 12.3. The zero-order valence-electron chi connectivity index (χ0n) is 13.5. The lowest BCUT2D eigenvalue weighted by Gasteiger charge is -2.21. The summed E-state index contributed by atoms with van der Waals surface area (Å²) in [5.41, 5.74) is 8.67. The van der Waals surface area contributed by atoms with Crippen molar-refractivity contribution in [1.29, 1.82) is 0 Å². The Bertz CT molecular complexity index is 598. The molecule has 1 heterocycles. The monoisotopic (exact) mass is 320 g/mol. The van der Waals surface area contributed by atoms with Crippen LogP contribution in [0.15, 0.2) is 23.6 Å². The first-order valence-electron chi connectivity index (χ1n) is 7.71. The van der Waals surface area contributed by atoms with E-state index in [1.807, 2.05) is 24.4 Å². The summed E-state index contributed by atoms with van der Waals surface area (Å²) in [4.78, 5) is 4.37. The smallest absolute Gasteiger partial charge is 0.180 e. The molecular weight excluding hydrogens is 296 g/mol. The Hall–Kier alpha value is -1.59. The van der Waals surface area contributed by atoms with Crippen LogP contribution in [0.25, 0.3) is 11.3 Å². The molecule has 0 radical (unpaired) electrons. The molecule has 2 rings (SSSR count). The van der Waals surface area contributed by atoms with Gasteiger partial charge < -0.3 is 15.2 Å². The highest BCUT2D eigenvalue weighted by molar-refractivity contribution is 7.13. The first-order valence-corrected chi connectivity index (χ1v) is 8.59. The molecule has 2 N–H and O–H groups in total. The summed E-state index contributed by atoms with van der Waals surface area (Å²) in [5, 5.41) is 2.52. The average Bonchev–Trinajstić information content (AvgIpc) is 2.97. The quantitative estimate of drug-likeness (QED) is 0.768. The van der Waals surface area contributed by atoms with Gasteiger partial charge in [0.1, 0.15) is 5.75 Å². The Balaban J connectivity index is 2.42. The van der Waals surface area contributed by atoms with Crippen LogP contribution in [0.4, 0.5) is 5.13 Å². The second-order valence-electron chi connectivity index (χ2n) is 5.09. The second-order valence-corrected chi connectivity index (χ2v) is 5.97. The molecule has 2 aromatic rings. The molecule has 0 bridgehead atoms. The van der Waals surface area contributed by atoms with Gasteiger partial charge in [-0.2, -0.15) is 0 Å². The van der Waals surface area contributed by atoms with Gasteiger partial charge in [-0.05, 0) is 19.4 Å². The molecule has 120 valence electrons. The predicted molar refractivity (Wildman–Crippen MR) is 92.4 cm³/mol. The maximum atomic E-state index is 5.95. The van der Waals surface area contributed by atoms with Gasteiger partial charge in [0.2, 0.25) is 0 Å². The van der Waals surface area contributed by atoms with Crippen molar-refractivity contribution in [2.75, 3.05) is 19.5 Å². The third kappa shape index (κ3) is 3.78. The fraction of sp³-hybridized carbons (Fsp3) is 0.471. The van der Waals surface area contributed by atoms with E-state index in [4.69, 9.17) is 15.2 Å². The number of hydrogen-bond donors (Lipinski definition) is 1. The molecule has 0 saturated heterocycles. The lowest BCUT2D eigenvalue weighted by molar-refractivity contribution is 0.0529. The Morgan fingerprint density at radius 2 is 2.14 bits per heavy atom. The summed E-state index contributed by atoms with van der Waals surface area (Å²) in [5.74, 6) is 0.836. The van der Waals surface area contributed by atoms with Gasteiger partial charge >= 0.3 is 0 Å². The SMILES string of the molecule is CCCCC(OCC)c1cccc(-c2csc(N)n2)c1OC. The molecule has 1 atom stereocenters. The lowest BCUT2D eigenvalue weighted by atomic mass is 9.99. The van der Waals surface area contributed by atoms with Gasteiger partial charge in [-0.1, -0.05) is 31.9 Å². The van der Waals surface area contributed by atoms with Crippen LogP contribution in [-0.4, -0.2) is 18.7 Å². The molecule has 0 aliphatic rings. The van der Waals surface area contributed by atoms with E-state index in [1.165, 1.54) is 11.3 Å². The molecule has 1 unspecified atom stereocenters. The van der Waals surface area contributed by atoms with Crippen LogP contribution in [0.2, 0.25) is 0 Å². The van der Waals surface area contributed by atoms with Crippen molar-refractivity contribution in [2.45, 2.75) is 39.2 Å². The highest BCUT2D eigenvalue weighted by atomic mass is 32.1. The third-order valence-electron chi connectivity index (χ3n) is 3.58. The van der Waals surface area contributed by atoms with Crippen LogP contribution in [0.3, 0.4) is 0 Å². The Morgan fingerprint density at radius 1 is 1.32 bits per heavy atom. The van der Waals surface area contributed by atoms with Crippen LogP contribution in [0.1, 0.15) is 44.8 Å². The summed E-state index contributed by atoms with van der Waals surface area (Å²) in [6.45, 7) is 4.90. The Morgan fingerprint density at radius 3 is 2.73 bits per heavy atom. The van der Waals surface area contributed by atoms with Crippen LogP contribution in [0.5, 0.6) is 5.75 Å². The number of para-hydroxylation sites is 1. The van der Waals surface area contributed by atoms with E-state index in [0.29, 0.717) is 11.7 Å². The molecule has 1 aromatic heterocycles. The highest BCUT2D eigenvalue weighted by Crippen LogP contribution is 2.39.